The van der Waals surface area contributed by atoms with Crippen molar-refractivity contribution in [2.24, 2.45) is 5.41 Å². The molecule has 3 aliphatic heterocycles. The number of hydrogen-bond donors (Lipinski definition) is 6. The van der Waals surface area contributed by atoms with Crippen LogP contribution in [0.1, 0.15) is 87.5 Å². The van der Waals surface area contributed by atoms with Gasteiger partial charge in [-0.2, -0.15) is 13.2 Å². The van der Waals surface area contributed by atoms with E-state index in [4.69, 9.17) is 4.74 Å². The van der Waals surface area contributed by atoms with Gasteiger partial charge in [-0.3, -0.25) is 38.5 Å². The number of hydrogen-bond acceptors (Lipinski definition) is 15. The molecule has 8 rings (SSSR count). The fourth-order valence-corrected chi connectivity index (χ4v) is 11.6. The van der Waals surface area contributed by atoms with Crippen LogP contribution in [0.3, 0.4) is 0 Å². The largest absolute Gasteiger partial charge is 0.417 e. The van der Waals surface area contributed by atoms with Gasteiger partial charge >= 0.3 is 6.18 Å². The number of halogens is 4. The fraction of sp³-hybridized carbons (Fsp3) is 0.483. The van der Waals surface area contributed by atoms with Gasteiger partial charge in [0.05, 0.1) is 57.9 Å². The predicted molar refractivity (Wildman–Crippen MR) is 317 cm³/mol. The highest BCUT2D eigenvalue weighted by Gasteiger charge is 2.45. The molecule has 5 aromatic rings. The summed E-state index contributed by atoms with van der Waals surface area (Å²) in [5.41, 5.74) is 1.26. The Bertz CT molecular complexity index is 3300. The third-order valence-corrected chi connectivity index (χ3v) is 16.8. The van der Waals surface area contributed by atoms with Crippen LogP contribution in [-0.4, -0.2) is 173 Å². The van der Waals surface area contributed by atoms with E-state index in [0.29, 0.717) is 62.9 Å². The minimum Gasteiger partial charge on any atom is -0.391 e. The lowest BCUT2D eigenvalue weighted by Gasteiger charge is -2.44. The van der Waals surface area contributed by atoms with Gasteiger partial charge in [-0.25, -0.2) is 14.4 Å². The predicted octanol–water partition coefficient (Wildman–Crippen LogP) is 5.57. The Morgan fingerprint density at radius 1 is 0.849 bits per heavy atom. The summed E-state index contributed by atoms with van der Waals surface area (Å²) in [6.45, 7) is 14.0. The van der Waals surface area contributed by atoms with Crippen molar-refractivity contribution in [3.05, 3.63) is 111 Å². The lowest BCUT2D eigenvalue weighted by Crippen LogP contribution is -2.57. The fourth-order valence-electron chi connectivity index (χ4n) is 10.8. The number of nitrogens with zero attached hydrogens (tertiary/aromatic N) is 7. The van der Waals surface area contributed by atoms with E-state index in [2.05, 4.69) is 41.1 Å². The number of carbonyl (C=O) groups excluding carboxylic acids is 6. The number of aliphatic hydroxyl groups is 1. The smallest absolute Gasteiger partial charge is 0.391 e. The monoisotopic (exact) mass is 1210 g/mol. The van der Waals surface area contributed by atoms with Gasteiger partial charge in [0.1, 0.15) is 23.7 Å². The molecule has 26 heteroatoms. The van der Waals surface area contributed by atoms with Crippen molar-refractivity contribution in [2.45, 2.75) is 110 Å². The maximum absolute atomic E-state index is 16.2. The van der Waals surface area contributed by atoms with Crippen molar-refractivity contribution in [1.82, 2.24) is 45.6 Å². The molecule has 0 bridgehead atoms. The molecule has 0 saturated carbocycles. The van der Waals surface area contributed by atoms with Crippen molar-refractivity contribution in [1.29, 1.82) is 0 Å². The molecule has 3 aromatic heterocycles. The Hall–Kier alpha value is -7.81. The maximum Gasteiger partial charge on any atom is 0.417 e. The number of carbonyl (C=O) groups is 6. The van der Waals surface area contributed by atoms with Crippen molar-refractivity contribution in [2.75, 3.05) is 87.7 Å². The number of likely N-dealkylation sites (N-methyl/N-ethyl adjacent to an activating group) is 1. The van der Waals surface area contributed by atoms with Crippen LogP contribution in [0.15, 0.2) is 77.3 Å². The van der Waals surface area contributed by atoms with Gasteiger partial charge in [0.25, 0.3) is 5.91 Å². The Morgan fingerprint density at radius 2 is 1.55 bits per heavy atom. The molecule has 0 unspecified atom stereocenters. The van der Waals surface area contributed by atoms with Gasteiger partial charge in [-0.1, -0.05) is 45.0 Å². The molecule has 5 atom stereocenters. The second-order valence-electron chi connectivity index (χ2n) is 23.1. The normalized spacial score (nSPS) is 18.8. The van der Waals surface area contributed by atoms with Gasteiger partial charge in [0, 0.05) is 126 Å². The van der Waals surface area contributed by atoms with Crippen molar-refractivity contribution < 1.29 is 56.2 Å². The molecule has 6 amide bonds. The van der Waals surface area contributed by atoms with Crippen LogP contribution in [0.25, 0.3) is 21.6 Å². The third kappa shape index (κ3) is 16.0. The average molecular weight is 1220 g/mol. The van der Waals surface area contributed by atoms with Gasteiger partial charge < -0.3 is 55.7 Å². The summed E-state index contributed by atoms with van der Waals surface area (Å²) >= 11 is 1.55. The van der Waals surface area contributed by atoms with E-state index in [1.54, 1.807) is 54.7 Å². The highest BCUT2D eigenvalue weighted by Crippen LogP contribution is 2.38. The van der Waals surface area contributed by atoms with Gasteiger partial charge in [-0.05, 0) is 68.6 Å². The van der Waals surface area contributed by atoms with E-state index in [0.717, 1.165) is 21.7 Å². The van der Waals surface area contributed by atoms with Crippen LogP contribution in [0.4, 0.5) is 34.8 Å². The number of aromatic amines is 1. The Kier molecular flexibility index (Phi) is 20.7. The van der Waals surface area contributed by atoms with Crippen molar-refractivity contribution in [3.8, 4) is 21.6 Å². The minimum absolute atomic E-state index is 0.0127. The zero-order chi connectivity index (χ0) is 62.2. The Morgan fingerprint density at radius 3 is 2.19 bits per heavy atom. The Labute approximate surface area is 499 Å². The number of amides is 6. The second-order valence-corrected chi connectivity index (χ2v) is 24.0. The van der Waals surface area contributed by atoms with Crippen molar-refractivity contribution >= 4 is 64.0 Å². The van der Waals surface area contributed by atoms with E-state index in [-0.39, 0.29) is 99.4 Å². The molecule has 6 N–H and O–H groups in total. The standard InChI is InChI=1S/C60H74F4N12O9S/c1-35-31-75(32-36(2)72(35)7)47-27-45(61)42(25-46(47)70-56(82)43-30-67-52(80)26-44(43)60(62,63)64)40-12-13-49(66-29-40)73-18-20-74(21-19-73)53(81)15-14-50(78)65-17-23-85-22-16-51(79)71-55(59(4,5)6)58(84)76-33-41(77)24-48(76)57(83)68-28-38-8-10-39(11-9-38)54-37(3)69-34-86-54/h8-13,25-27,29-30,34-36,41,48,55,77H,14-24,28,31-33H2,1-7H3,(H,65,78)(H,67,80)(H,68,83)(H,70,82)(H,71,79)/t35-,36+,41-,48+,55-/m1/s1. The summed E-state index contributed by atoms with van der Waals surface area (Å²) in [7, 11) is 1.96. The van der Waals surface area contributed by atoms with Gasteiger partial charge in [0.2, 0.25) is 35.1 Å². The van der Waals surface area contributed by atoms with E-state index < -0.39 is 75.9 Å². The molecule has 3 aliphatic rings. The molecule has 0 spiro atoms. The number of anilines is 3. The number of aliphatic hydroxyl groups excluding tert-OH is 1. The summed E-state index contributed by atoms with van der Waals surface area (Å²) in [4.78, 5) is 113. The summed E-state index contributed by atoms with van der Waals surface area (Å²) in [6.07, 6.45) is -3.92. The molecule has 0 aliphatic carbocycles. The Balaban J connectivity index is 0.757. The third-order valence-electron chi connectivity index (χ3n) is 15.8. The van der Waals surface area contributed by atoms with Crippen LogP contribution in [0, 0.1) is 18.2 Å². The highest BCUT2D eigenvalue weighted by atomic mass is 32.1. The molecule has 6 heterocycles. The molecule has 2 aromatic carbocycles. The van der Waals surface area contributed by atoms with E-state index in [1.807, 2.05) is 61.9 Å². The number of nitrogens with one attached hydrogen (secondary N) is 5. The number of aromatic nitrogens is 3. The number of pyridine rings is 2. The number of alkyl halides is 3. The van der Waals surface area contributed by atoms with Gasteiger partial charge in [-0.15, -0.1) is 11.3 Å². The van der Waals surface area contributed by atoms with E-state index in [1.165, 1.54) is 23.2 Å². The van der Waals surface area contributed by atoms with Gasteiger partial charge in [0.15, 0.2) is 0 Å². The maximum atomic E-state index is 16.2. The summed E-state index contributed by atoms with van der Waals surface area (Å²) < 4.78 is 63.8. The van der Waals surface area contributed by atoms with Crippen LogP contribution in [-0.2, 0) is 41.4 Å². The minimum atomic E-state index is -5.01. The number of rotatable bonds is 20. The topological polar surface area (TPSA) is 255 Å². The van der Waals surface area contributed by atoms with Crippen LogP contribution < -0.4 is 36.6 Å². The van der Waals surface area contributed by atoms with E-state index >= 15 is 4.39 Å². The first-order chi connectivity index (χ1) is 40.7. The molecule has 462 valence electrons. The number of benzene rings is 2. The van der Waals surface area contributed by atoms with Crippen LogP contribution >= 0.6 is 11.3 Å². The molecule has 3 fully saturated rings. The number of thiazole rings is 1. The molecule has 3 saturated heterocycles. The molecule has 21 nitrogen and oxygen atoms in total. The zero-order valence-electron chi connectivity index (χ0n) is 49.2. The summed E-state index contributed by atoms with van der Waals surface area (Å²) in [5, 5.41) is 21.6. The molecular weight excluding hydrogens is 1140 g/mol. The first-order valence-corrected chi connectivity index (χ1v) is 29.4. The molecule has 86 heavy (non-hydrogen) atoms. The first kappa shape index (κ1) is 64.2. The average Bonchev–Trinajstić information content (AvgIpc) is 1.61. The second kappa shape index (κ2) is 27.7. The number of aryl methyl sites for hydroxylation is 1. The summed E-state index contributed by atoms with van der Waals surface area (Å²) in [6, 6.07) is 12.1. The summed E-state index contributed by atoms with van der Waals surface area (Å²) in [5.74, 6) is -3.20. The van der Waals surface area contributed by atoms with Crippen LogP contribution in [0.5, 0.6) is 0 Å². The number of H-pyrrole nitrogens is 1. The quantitative estimate of drug-likeness (QED) is 0.0412. The van der Waals surface area contributed by atoms with Crippen LogP contribution in [0.2, 0.25) is 0 Å². The number of piperazine rings is 2. The number of β-amino-alcohol motifs (C(OH)–C–C–N with tert-alkyl or cyclic N) is 1. The number of likely N-dealkylation sites (tertiary alicyclic amines) is 1. The number of ether oxygens (including phenoxy) is 1. The lowest BCUT2D eigenvalue weighted by atomic mass is 9.85. The SMILES string of the molecule is Cc1ncsc1-c1ccc(CNC(=O)[C@@H]2C[C@@H](O)CN2C(=O)[C@@H](NC(=O)CCOCCNC(=O)CCC(=O)N2CCN(c3ccc(-c4cc(NC(=O)c5c[nH]c(=O)cc5C(F)(F)F)c(N5C[C@@H](C)N(C)[C@@H](C)C5)cc4F)cn3)CC2)C(C)(C)C)cc1. The van der Waals surface area contributed by atoms with E-state index in [9.17, 15) is 51.8 Å². The first-order valence-electron chi connectivity index (χ1n) is 28.6. The molecular formula is C60H74F4N12O9S. The highest BCUT2D eigenvalue weighted by molar-refractivity contribution is 7.13. The lowest BCUT2D eigenvalue weighted by molar-refractivity contribution is -0.144. The zero-order valence-corrected chi connectivity index (χ0v) is 50.0. The molecule has 0 radical (unpaired) electrons. The van der Waals surface area contributed by atoms with Crippen molar-refractivity contribution in [3.63, 3.8) is 0 Å².